The number of hydrogen-bond acceptors (Lipinski definition) is 4. The van der Waals surface area contributed by atoms with E-state index in [1.807, 2.05) is 0 Å². The molecule has 11 heteroatoms. The standard InChI is InChI=1S/C18H13F6N3O2/c1-2-15-16(28-13-4-3-5-14(10-13)29-18(22,23)24)26-27(25-15)12-8-6-11(7-9-12)17(19,20)21/h3-10H,2H2,1H3. The topological polar surface area (TPSA) is 49.2 Å². The summed E-state index contributed by atoms with van der Waals surface area (Å²) in [5.41, 5.74) is -0.189. The summed E-state index contributed by atoms with van der Waals surface area (Å²) in [6, 6.07) is 9.03. The first-order valence-corrected chi connectivity index (χ1v) is 8.22. The van der Waals surface area contributed by atoms with E-state index < -0.39 is 23.9 Å². The van der Waals surface area contributed by atoms with Gasteiger partial charge in [-0.2, -0.15) is 13.2 Å². The molecule has 5 nitrogen and oxygen atoms in total. The minimum absolute atomic E-state index is 0.0107. The number of aryl methyl sites for hydroxylation is 1. The summed E-state index contributed by atoms with van der Waals surface area (Å²) in [6.45, 7) is 1.75. The molecule has 0 saturated carbocycles. The van der Waals surface area contributed by atoms with Crippen LogP contribution < -0.4 is 9.47 Å². The lowest BCUT2D eigenvalue weighted by Crippen LogP contribution is -2.17. The van der Waals surface area contributed by atoms with Crippen molar-refractivity contribution in [1.29, 1.82) is 0 Å². The van der Waals surface area contributed by atoms with Gasteiger partial charge in [-0.05, 0) is 42.8 Å². The average molecular weight is 417 g/mol. The maximum atomic E-state index is 12.7. The molecule has 154 valence electrons. The van der Waals surface area contributed by atoms with Gasteiger partial charge in [-0.3, -0.25) is 0 Å². The molecule has 3 aromatic rings. The SMILES string of the molecule is CCc1nn(-c2ccc(C(F)(F)F)cc2)nc1Oc1cccc(OC(F)(F)F)c1. The number of ether oxygens (including phenoxy) is 2. The van der Waals surface area contributed by atoms with Crippen molar-refractivity contribution in [2.75, 3.05) is 0 Å². The van der Waals surface area contributed by atoms with Crippen molar-refractivity contribution in [1.82, 2.24) is 15.0 Å². The largest absolute Gasteiger partial charge is 0.573 e. The van der Waals surface area contributed by atoms with E-state index in [-0.39, 0.29) is 17.3 Å². The van der Waals surface area contributed by atoms with Crippen LogP contribution in [0.5, 0.6) is 17.4 Å². The summed E-state index contributed by atoms with van der Waals surface area (Å²) >= 11 is 0. The zero-order chi connectivity index (χ0) is 21.2. The first-order chi connectivity index (χ1) is 13.5. The number of alkyl halides is 6. The first kappa shape index (κ1) is 20.5. The molecule has 0 saturated heterocycles. The van der Waals surface area contributed by atoms with Gasteiger partial charge in [-0.15, -0.1) is 28.2 Å². The quantitative estimate of drug-likeness (QED) is 0.512. The third kappa shape index (κ3) is 5.18. The van der Waals surface area contributed by atoms with E-state index >= 15 is 0 Å². The Labute approximate surface area is 160 Å². The molecule has 29 heavy (non-hydrogen) atoms. The highest BCUT2D eigenvalue weighted by atomic mass is 19.4. The van der Waals surface area contributed by atoms with Gasteiger partial charge in [0.2, 0.25) is 0 Å². The van der Waals surface area contributed by atoms with Gasteiger partial charge in [-0.25, -0.2) is 0 Å². The average Bonchev–Trinajstić information content (AvgIpc) is 3.03. The monoisotopic (exact) mass is 417 g/mol. The Morgan fingerprint density at radius 3 is 2.14 bits per heavy atom. The van der Waals surface area contributed by atoms with Gasteiger partial charge in [-0.1, -0.05) is 13.0 Å². The van der Waals surface area contributed by atoms with Gasteiger partial charge in [0.1, 0.15) is 17.2 Å². The molecular weight excluding hydrogens is 404 g/mol. The number of nitrogens with zero attached hydrogens (tertiary/aromatic N) is 3. The summed E-state index contributed by atoms with van der Waals surface area (Å²) in [5.74, 6) is -0.430. The van der Waals surface area contributed by atoms with Crippen molar-refractivity contribution in [3.05, 3.63) is 59.8 Å². The van der Waals surface area contributed by atoms with Gasteiger partial charge in [0, 0.05) is 6.07 Å². The normalized spacial score (nSPS) is 12.1. The van der Waals surface area contributed by atoms with Gasteiger partial charge in [0.05, 0.1) is 11.3 Å². The lowest BCUT2D eigenvalue weighted by Gasteiger charge is -2.10. The summed E-state index contributed by atoms with van der Waals surface area (Å²) in [7, 11) is 0. The van der Waals surface area contributed by atoms with Crippen LogP contribution in [0.15, 0.2) is 48.5 Å². The van der Waals surface area contributed by atoms with Crippen LogP contribution in [0.4, 0.5) is 26.3 Å². The maximum absolute atomic E-state index is 12.7. The number of rotatable bonds is 5. The van der Waals surface area contributed by atoms with Crippen molar-refractivity contribution in [3.63, 3.8) is 0 Å². The van der Waals surface area contributed by atoms with E-state index in [1.165, 1.54) is 24.3 Å². The molecule has 0 aliphatic rings. The first-order valence-electron chi connectivity index (χ1n) is 8.22. The lowest BCUT2D eigenvalue weighted by molar-refractivity contribution is -0.274. The lowest BCUT2D eigenvalue weighted by atomic mass is 10.2. The highest BCUT2D eigenvalue weighted by Gasteiger charge is 2.31. The Balaban J connectivity index is 1.85. The van der Waals surface area contributed by atoms with Crippen molar-refractivity contribution >= 4 is 0 Å². The third-order valence-corrected chi connectivity index (χ3v) is 3.66. The Hall–Kier alpha value is -3.24. The van der Waals surface area contributed by atoms with Crippen LogP contribution in [0.25, 0.3) is 5.69 Å². The van der Waals surface area contributed by atoms with Gasteiger partial charge < -0.3 is 9.47 Å². The fourth-order valence-electron chi connectivity index (χ4n) is 2.37. The molecule has 0 aliphatic carbocycles. The third-order valence-electron chi connectivity index (χ3n) is 3.66. The summed E-state index contributed by atoms with van der Waals surface area (Å²) in [4.78, 5) is 1.09. The minimum Gasteiger partial charge on any atom is -0.436 e. The fourth-order valence-corrected chi connectivity index (χ4v) is 2.37. The van der Waals surface area contributed by atoms with Crippen LogP contribution in [0.2, 0.25) is 0 Å². The van der Waals surface area contributed by atoms with Crippen LogP contribution in [0, 0.1) is 0 Å². The van der Waals surface area contributed by atoms with Crippen LogP contribution in [0.3, 0.4) is 0 Å². The number of benzene rings is 2. The number of hydrogen-bond donors (Lipinski definition) is 0. The van der Waals surface area contributed by atoms with E-state index in [0.29, 0.717) is 12.1 Å². The molecule has 1 heterocycles. The molecule has 0 amide bonds. The van der Waals surface area contributed by atoms with Crippen molar-refractivity contribution < 1.29 is 35.8 Å². The van der Waals surface area contributed by atoms with E-state index in [2.05, 4.69) is 14.9 Å². The maximum Gasteiger partial charge on any atom is 0.573 e. The van der Waals surface area contributed by atoms with Crippen LogP contribution in [-0.2, 0) is 12.6 Å². The molecular formula is C18H13F6N3O2. The molecule has 2 aromatic carbocycles. The zero-order valence-corrected chi connectivity index (χ0v) is 14.8. The zero-order valence-electron chi connectivity index (χ0n) is 14.8. The van der Waals surface area contributed by atoms with Gasteiger partial charge in [0.25, 0.3) is 5.88 Å². The molecule has 0 radical (unpaired) electrons. The second-order valence-corrected chi connectivity index (χ2v) is 5.76. The fraction of sp³-hybridized carbons (Fsp3) is 0.222. The van der Waals surface area contributed by atoms with Crippen molar-refractivity contribution in [2.45, 2.75) is 25.9 Å². The molecule has 3 rings (SSSR count). The smallest absolute Gasteiger partial charge is 0.436 e. The Morgan fingerprint density at radius 2 is 1.55 bits per heavy atom. The van der Waals surface area contributed by atoms with Crippen LogP contribution in [0.1, 0.15) is 18.2 Å². The number of halogens is 6. The van der Waals surface area contributed by atoms with Crippen LogP contribution in [-0.4, -0.2) is 21.4 Å². The Morgan fingerprint density at radius 1 is 0.897 bits per heavy atom. The molecule has 0 bridgehead atoms. The summed E-state index contributed by atoms with van der Waals surface area (Å²) < 4.78 is 84.5. The Bertz CT molecular complexity index is 980. The minimum atomic E-state index is -4.85. The van der Waals surface area contributed by atoms with Crippen molar-refractivity contribution in [2.24, 2.45) is 0 Å². The molecule has 0 N–H and O–H groups in total. The second-order valence-electron chi connectivity index (χ2n) is 5.76. The van der Waals surface area contributed by atoms with Crippen LogP contribution >= 0.6 is 0 Å². The van der Waals surface area contributed by atoms with E-state index in [4.69, 9.17) is 4.74 Å². The molecule has 0 spiro atoms. The van der Waals surface area contributed by atoms with Crippen molar-refractivity contribution in [3.8, 4) is 23.1 Å². The molecule has 0 atom stereocenters. The predicted octanol–water partition coefficient (Wildman–Crippen LogP) is 5.54. The summed E-state index contributed by atoms with van der Waals surface area (Å²) in [6.07, 6.45) is -8.95. The van der Waals surface area contributed by atoms with E-state index in [1.54, 1.807) is 6.92 Å². The molecule has 1 aromatic heterocycles. The molecule has 0 aliphatic heterocycles. The predicted molar refractivity (Wildman–Crippen MR) is 88.9 cm³/mol. The summed E-state index contributed by atoms with van der Waals surface area (Å²) in [5, 5.41) is 8.24. The van der Waals surface area contributed by atoms with E-state index in [9.17, 15) is 26.3 Å². The second kappa shape index (κ2) is 7.64. The molecule has 0 unspecified atom stereocenters. The molecule has 0 fully saturated rings. The van der Waals surface area contributed by atoms with E-state index in [0.717, 1.165) is 29.1 Å². The highest BCUT2D eigenvalue weighted by Crippen LogP contribution is 2.31. The van der Waals surface area contributed by atoms with Gasteiger partial charge >= 0.3 is 12.5 Å². The number of aromatic nitrogens is 3. The Kier molecular flexibility index (Phi) is 5.40. The van der Waals surface area contributed by atoms with Gasteiger partial charge in [0.15, 0.2) is 0 Å². The highest BCUT2D eigenvalue weighted by molar-refractivity contribution is 5.38.